The summed E-state index contributed by atoms with van der Waals surface area (Å²) >= 11 is 9.40. The number of carbonyl (C=O) groups excluding carboxylic acids is 1. The number of halogens is 1. The van der Waals surface area contributed by atoms with Gasteiger partial charge in [-0.1, -0.05) is 46.3 Å². The molecule has 4 aromatic rings. The molecule has 2 aromatic carbocycles. The van der Waals surface area contributed by atoms with Crippen LogP contribution >= 0.6 is 28.1 Å². The van der Waals surface area contributed by atoms with Crippen LogP contribution in [0.3, 0.4) is 0 Å². The molecule has 1 aliphatic heterocycles. The third kappa shape index (κ3) is 5.45. The van der Waals surface area contributed by atoms with E-state index in [1.54, 1.807) is 6.20 Å². The van der Waals surface area contributed by atoms with Gasteiger partial charge in [-0.25, -0.2) is 0 Å². The van der Waals surface area contributed by atoms with Crippen molar-refractivity contribution >= 4 is 44.9 Å². The molecule has 6 nitrogen and oxygen atoms in total. The number of anilines is 1. The molecule has 0 saturated carbocycles. The first-order valence-corrected chi connectivity index (χ1v) is 13.3. The summed E-state index contributed by atoms with van der Waals surface area (Å²) in [5.74, 6) is 1.45. The van der Waals surface area contributed by atoms with Crippen molar-refractivity contribution in [2.24, 2.45) is 0 Å². The highest BCUT2D eigenvalue weighted by atomic mass is 79.9. The lowest BCUT2D eigenvalue weighted by atomic mass is 10.0. The Hall–Kier alpha value is -3.49. The number of amides is 1. The molecule has 188 valence electrons. The number of aryl methyl sites for hydroxylation is 2. The average molecular weight is 576 g/mol. The number of benzene rings is 2. The first-order chi connectivity index (χ1) is 17.9. The van der Waals surface area contributed by atoms with Crippen molar-refractivity contribution in [3.8, 4) is 11.3 Å². The predicted octanol–water partition coefficient (Wildman–Crippen LogP) is 6.72. The highest BCUT2D eigenvalue weighted by Crippen LogP contribution is 2.41. The van der Waals surface area contributed by atoms with Crippen molar-refractivity contribution in [3.63, 3.8) is 0 Å². The summed E-state index contributed by atoms with van der Waals surface area (Å²) in [5.41, 5.74) is 4.84. The Kier molecular flexibility index (Phi) is 7.39. The van der Waals surface area contributed by atoms with Crippen molar-refractivity contribution in [2.45, 2.75) is 32.4 Å². The van der Waals surface area contributed by atoms with Crippen LogP contribution in [0.1, 0.15) is 41.1 Å². The second-order valence-corrected chi connectivity index (χ2v) is 10.4. The maximum atomic E-state index is 12.8. The summed E-state index contributed by atoms with van der Waals surface area (Å²) in [6.07, 6.45) is 2.05. The minimum Gasteiger partial charge on any atom is -0.459 e. The molecule has 37 heavy (non-hydrogen) atoms. The third-order valence-electron chi connectivity index (χ3n) is 6.51. The molecule has 0 unspecified atom stereocenters. The zero-order chi connectivity index (χ0) is 25.9. The first-order valence-electron chi connectivity index (χ1n) is 12.1. The molecule has 2 N–H and O–H groups in total. The summed E-state index contributed by atoms with van der Waals surface area (Å²) in [5, 5.41) is 6.99. The highest BCUT2D eigenvalue weighted by Gasteiger charge is 2.41. The number of aromatic nitrogens is 1. The van der Waals surface area contributed by atoms with Crippen LogP contribution in [-0.4, -0.2) is 27.4 Å². The van der Waals surface area contributed by atoms with Gasteiger partial charge >= 0.3 is 0 Å². The Labute approximate surface area is 230 Å². The molecule has 5 rings (SSSR count). The van der Waals surface area contributed by atoms with Crippen LogP contribution in [-0.2, 0) is 4.79 Å². The summed E-state index contributed by atoms with van der Waals surface area (Å²) in [6.45, 7) is 4.46. The molecule has 8 heteroatoms. The predicted molar refractivity (Wildman–Crippen MR) is 153 cm³/mol. The molecular weight excluding hydrogens is 548 g/mol. The minimum atomic E-state index is -0.258. The highest BCUT2D eigenvalue weighted by molar-refractivity contribution is 9.10. The van der Waals surface area contributed by atoms with Crippen LogP contribution in [0.25, 0.3) is 11.3 Å². The summed E-state index contributed by atoms with van der Waals surface area (Å²) in [7, 11) is 0. The van der Waals surface area contributed by atoms with Gasteiger partial charge in [-0.15, -0.1) is 0 Å². The summed E-state index contributed by atoms with van der Waals surface area (Å²) in [4.78, 5) is 19.4. The van der Waals surface area contributed by atoms with E-state index in [1.807, 2.05) is 72.5 Å². The Morgan fingerprint density at radius 1 is 1.11 bits per heavy atom. The van der Waals surface area contributed by atoms with Crippen LogP contribution in [0.2, 0.25) is 0 Å². The van der Waals surface area contributed by atoms with E-state index in [0.29, 0.717) is 11.7 Å². The van der Waals surface area contributed by atoms with Crippen molar-refractivity contribution in [2.75, 3.05) is 11.9 Å². The van der Waals surface area contributed by atoms with Gasteiger partial charge in [-0.3, -0.25) is 9.78 Å². The minimum absolute atomic E-state index is 0.0687. The number of hydrogen-bond acceptors (Lipinski definition) is 4. The van der Waals surface area contributed by atoms with Gasteiger partial charge in [-0.2, -0.15) is 0 Å². The van der Waals surface area contributed by atoms with Gasteiger partial charge in [0.2, 0.25) is 5.91 Å². The molecule has 1 saturated heterocycles. The number of thiocarbonyl (C=S) groups is 1. The van der Waals surface area contributed by atoms with Crippen molar-refractivity contribution < 1.29 is 9.21 Å². The van der Waals surface area contributed by atoms with Crippen LogP contribution in [0, 0.1) is 13.8 Å². The van der Waals surface area contributed by atoms with Crippen molar-refractivity contribution in [1.82, 2.24) is 15.2 Å². The van der Waals surface area contributed by atoms with Crippen molar-refractivity contribution in [3.05, 3.63) is 106 Å². The van der Waals surface area contributed by atoms with E-state index in [9.17, 15) is 4.79 Å². The lowest BCUT2D eigenvalue weighted by Gasteiger charge is -2.26. The molecular formula is C29H27BrN4O2S. The number of furan rings is 1. The lowest BCUT2D eigenvalue weighted by Crippen LogP contribution is -2.32. The maximum absolute atomic E-state index is 12.8. The normalized spacial score (nSPS) is 17.1. The number of para-hydroxylation sites is 1. The molecule has 0 bridgehead atoms. The molecule has 2 aromatic heterocycles. The molecule has 1 fully saturated rings. The van der Waals surface area contributed by atoms with Crippen LogP contribution in [0.5, 0.6) is 0 Å². The quantitative estimate of drug-likeness (QED) is 0.239. The Morgan fingerprint density at radius 3 is 2.68 bits per heavy atom. The van der Waals surface area contributed by atoms with Gasteiger partial charge in [0.1, 0.15) is 17.6 Å². The first kappa shape index (κ1) is 25.2. The fourth-order valence-electron chi connectivity index (χ4n) is 4.58. The number of rotatable bonds is 7. The number of nitrogens with zero attached hydrogens (tertiary/aromatic N) is 2. The molecule has 2 atom stereocenters. The molecule has 0 spiro atoms. The number of hydrogen-bond donors (Lipinski definition) is 2. The topological polar surface area (TPSA) is 70.4 Å². The summed E-state index contributed by atoms with van der Waals surface area (Å²) < 4.78 is 7.39. The average Bonchev–Trinajstić information content (AvgIpc) is 3.49. The molecule has 3 heterocycles. The zero-order valence-corrected chi connectivity index (χ0v) is 23.0. The Morgan fingerprint density at radius 2 is 1.92 bits per heavy atom. The SMILES string of the molecule is Cc1ccc(-c2ccc([C@H]3[C@@H](c4ccccn4)NC(=S)N3CCC(=O)Nc3ccccc3C)o2)c(Br)c1. The smallest absolute Gasteiger partial charge is 0.226 e. The maximum Gasteiger partial charge on any atom is 0.226 e. The van der Waals surface area contributed by atoms with Crippen LogP contribution < -0.4 is 10.6 Å². The lowest BCUT2D eigenvalue weighted by molar-refractivity contribution is -0.116. The van der Waals surface area contributed by atoms with Gasteiger partial charge in [0.15, 0.2) is 5.11 Å². The van der Waals surface area contributed by atoms with E-state index >= 15 is 0 Å². The number of nitrogens with one attached hydrogen (secondary N) is 2. The second-order valence-electron chi connectivity index (χ2n) is 9.12. The van der Waals surface area contributed by atoms with E-state index in [0.717, 1.165) is 44.1 Å². The molecule has 1 amide bonds. The van der Waals surface area contributed by atoms with E-state index in [2.05, 4.69) is 50.6 Å². The van der Waals surface area contributed by atoms with Gasteiger partial charge < -0.3 is 20.0 Å². The van der Waals surface area contributed by atoms with E-state index in [1.165, 1.54) is 0 Å². The molecule has 0 aliphatic carbocycles. The van der Waals surface area contributed by atoms with Gasteiger partial charge in [-0.05, 0) is 79.7 Å². The second kappa shape index (κ2) is 10.9. The monoisotopic (exact) mass is 574 g/mol. The van der Waals surface area contributed by atoms with Gasteiger partial charge in [0.25, 0.3) is 0 Å². The molecule has 0 radical (unpaired) electrons. The fourth-order valence-corrected chi connectivity index (χ4v) is 5.60. The van der Waals surface area contributed by atoms with Gasteiger partial charge in [0, 0.05) is 34.9 Å². The van der Waals surface area contributed by atoms with Crippen LogP contribution in [0.4, 0.5) is 5.69 Å². The number of pyridine rings is 1. The molecule has 1 aliphatic rings. The zero-order valence-electron chi connectivity index (χ0n) is 20.6. The van der Waals surface area contributed by atoms with E-state index in [-0.39, 0.29) is 24.4 Å². The Bertz CT molecular complexity index is 1440. The van der Waals surface area contributed by atoms with Crippen molar-refractivity contribution in [1.29, 1.82) is 0 Å². The summed E-state index contributed by atoms with van der Waals surface area (Å²) in [6, 6.07) is 23.2. The largest absolute Gasteiger partial charge is 0.459 e. The number of carbonyl (C=O) groups is 1. The van der Waals surface area contributed by atoms with Gasteiger partial charge in [0.05, 0.1) is 11.7 Å². The Balaban J connectivity index is 1.42. The standard InChI is InChI=1S/C29H27BrN4O2S/c1-18-10-11-20(21(30)17-18)24-12-13-25(36-24)28-27(23-9-5-6-15-31-23)33-29(37)34(28)16-14-26(35)32-22-8-4-3-7-19(22)2/h3-13,15,17,27-28H,14,16H2,1-2H3,(H,32,35)(H,33,37)/t27-,28+/m1/s1. The third-order valence-corrected chi connectivity index (χ3v) is 7.51. The van der Waals surface area contributed by atoms with E-state index < -0.39 is 0 Å². The van der Waals surface area contributed by atoms with Crippen LogP contribution in [0.15, 0.2) is 87.9 Å². The fraction of sp³-hybridized carbons (Fsp3) is 0.207. The van der Waals surface area contributed by atoms with E-state index in [4.69, 9.17) is 16.6 Å².